The quantitative estimate of drug-likeness (QED) is 0.517. The number of benzene rings is 3. The third-order valence-corrected chi connectivity index (χ3v) is 6.75. The number of fused-ring (bicyclic) bond motifs is 2. The summed E-state index contributed by atoms with van der Waals surface area (Å²) in [6.07, 6.45) is 1.57. The van der Waals surface area contributed by atoms with Crippen LogP contribution in [0.5, 0.6) is 11.5 Å². The Morgan fingerprint density at radius 3 is 2.55 bits per heavy atom. The standard InChI is InChI=1S/C26H24ClNO3/c1-30-22-14-19-11-12-28(26(29)17-9-7-16(15-27)8-10-17)21-13-18-5-3-4-6-20(18)24(23(19)21)25(22)31-2/h3-10,14,21H,11-13,15H2,1-2H3. The van der Waals surface area contributed by atoms with Gasteiger partial charge < -0.3 is 14.4 Å². The SMILES string of the molecule is COc1cc2c3c(c1OC)-c1ccccc1CC3N(C(=O)c1ccc(CCl)cc1)CC2. The zero-order valence-electron chi connectivity index (χ0n) is 17.7. The molecule has 0 spiro atoms. The minimum Gasteiger partial charge on any atom is -0.493 e. The van der Waals surface area contributed by atoms with Gasteiger partial charge in [0, 0.05) is 23.6 Å². The second-order valence-electron chi connectivity index (χ2n) is 8.02. The highest BCUT2D eigenvalue weighted by Gasteiger charge is 2.39. The Morgan fingerprint density at radius 1 is 1.06 bits per heavy atom. The van der Waals surface area contributed by atoms with Gasteiger partial charge in [-0.05, 0) is 58.9 Å². The van der Waals surface area contributed by atoms with Crippen LogP contribution in [0.15, 0.2) is 54.6 Å². The number of halogens is 1. The van der Waals surface area contributed by atoms with Crippen LogP contribution in [0.3, 0.4) is 0 Å². The van der Waals surface area contributed by atoms with E-state index >= 15 is 0 Å². The molecule has 0 aromatic heterocycles. The molecule has 5 heteroatoms. The molecule has 0 N–H and O–H groups in total. The summed E-state index contributed by atoms with van der Waals surface area (Å²) in [7, 11) is 3.35. The van der Waals surface area contributed by atoms with E-state index in [0.717, 1.165) is 41.0 Å². The van der Waals surface area contributed by atoms with Gasteiger partial charge in [0.25, 0.3) is 5.91 Å². The van der Waals surface area contributed by atoms with Crippen LogP contribution >= 0.6 is 11.6 Å². The van der Waals surface area contributed by atoms with Crippen molar-refractivity contribution in [3.63, 3.8) is 0 Å². The first-order valence-electron chi connectivity index (χ1n) is 10.5. The van der Waals surface area contributed by atoms with Crippen LogP contribution in [0.1, 0.15) is 38.7 Å². The van der Waals surface area contributed by atoms with E-state index in [1.54, 1.807) is 14.2 Å². The zero-order valence-corrected chi connectivity index (χ0v) is 18.4. The number of nitrogens with zero attached hydrogens (tertiary/aromatic N) is 1. The van der Waals surface area contributed by atoms with Gasteiger partial charge in [0.15, 0.2) is 11.5 Å². The normalized spacial score (nSPS) is 16.4. The average molecular weight is 434 g/mol. The molecule has 31 heavy (non-hydrogen) atoms. The van der Waals surface area contributed by atoms with Crippen LogP contribution in [0, 0.1) is 0 Å². The number of alkyl halides is 1. The molecule has 1 atom stereocenters. The molecule has 2 aliphatic rings. The molecule has 0 saturated heterocycles. The first-order valence-corrected chi connectivity index (χ1v) is 11.0. The number of amides is 1. The van der Waals surface area contributed by atoms with Gasteiger partial charge in [-0.2, -0.15) is 0 Å². The Hall–Kier alpha value is -2.98. The molecule has 0 saturated carbocycles. The third kappa shape index (κ3) is 3.17. The predicted octanol–water partition coefficient (Wildman–Crippen LogP) is 5.41. The van der Waals surface area contributed by atoms with Crippen LogP contribution in [0.4, 0.5) is 0 Å². The Labute approximate surface area is 187 Å². The van der Waals surface area contributed by atoms with Crippen LogP contribution < -0.4 is 9.47 Å². The molecule has 3 aromatic carbocycles. The zero-order chi connectivity index (χ0) is 21.5. The summed E-state index contributed by atoms with van der Waals surface area (Å²) in [5, 5.41) is 0. The molecular weight excluding hydrogens is 410 g/mol. The Balaban J connectivity index is 1.65. The van der Waals surface area contributed by atoms with Gasteiger partial charge in [0.2, 0.25) is 0 Å². The summed E-state index contributed by atoms with van der Waals surface area (Å²) in [5.41, 5.74) is 7.55. The van der Waals surface area contributed by atoms with Gasteiger partial charge >= 0.3 is 0 Å². The molecule has 5 rings (SSSR count). The largest absolute Gasteiger partial charge is 0.493 e. The van der Waals surface area contributed by atoms with Gasteiger partial charge in [0.1, 0.15) is 0 Å². The molecule has 158 valence electrons. The van der Waals surface area contributed by atoms with Crippen LogP contribution in [-0.2, 0) is 18.7 Å². The molecular formula is C26H24ClNO3. The maximum absolute atomic E-state index is 13.5. The Kier molecular flexibility index (Phi) is 5.11. The van der Waals surface area contributed by atoms with E-state index in [2.05, 4.69) is 30.3 Å². The summed E-state index contributed by atoms with van der Waals surface area (Å²) >= 11 is 5.92. The number of hydrogen-bond donors (Lipinski definition) is 0. The highest BCUT2D eigenvalue weighted by atomic mass is 35.5. The lowest BCUT2D eigenvalue weighted by Gasteiger charge is -2.42. The van der Waals surface area contributed by atoms with E-state index in [0.29, 0.717) is 18.0 Å². The Morgan fingerprint density at radius 2 is 1.84 bits per heavy atom. The second-order valence-corrected chi connectivity index (χ2v) is 8.28. The monoisotopic (exact) mass is 433 g/mol. The first kappa shape index (κ1) is 20.0. The number of ether oxygens (including phenoxy) is 2. The van der Waals surface area contributed by atoms with Crippen molar-refractivity contribution in [3.05, 3.63) is 82.4 Å². The number of carbonyl (C=O) groups excluding carboxylic acids is 1. The van der Waals surface area contributed by atoms with E-state index in [1.807, 2.05) is 29.2 Å². The van der Waals surface area contributed by atoms with E-state index in [4.69, 9.17) is 21.1 Å². The van der Waals surface area contributed by atoms with E-state index in [1.165, 1.54) is 16.7 Å². The van der Waals surface area contributed by atoms with Crippen molar-refractivity contribution in [2.75, 3.05) is 20.8 Å². The molecule has 0 radical (unpaired) electrons. The van der Waals surface area contributed by atoms with Gasteiger partial charge in [0.05, 0.1) is 20.3 Å². The smallest absolute Gasteiger partial charge is 0.254 e. The molecule has 0 bridgehead atoms. The van der Waals surface area contributed by atoms with E-state index in [9.17, 15) is 4.79 Å². The van der Waals surface area contributed by atoms with Gasteiger partial charge in [-0.3, -0.25) is 4.79 Å². The van der Waals surface area contributed by atoms with Crippen molar-refractivity contribution in [3.8, 4) is 22.6 Å². The van der Waals surface area contributed by atoms with Crippen LogP contribution in [0.2, 0.25) is 0 Å². The minimum atomic E-state index is -0.0336. The highest BCUT2D eigenvalue weighted by Crippen LogP contribution is 2.52. The molecule has 1 unspecified atom stereocenters. The molecule has 1 amide bonds. The maximum atomic E-state index is 13.5. The fraction of sp³-hybridized carbons (Fsp3) is 0.269. The van der Waals surface area contributed by atoms with Crippen LogP contribution in [-0.4, -0.2) is 31.6 Å². The van der Waals surface area contributed by atoms with Gasteiger partial charge in [-0.1, -0.05) is 36.4 Å². The summed E-state index contributed by atoms with van der Waals surface area (Å²) < 4.78 is 11.5. The van der Waals surface area contributed by atoms with Crippen molar-refractivity contribution in [2.45, 2.75) is 24.8 Å². The van der Waals surface area contributed by atoms with Crippen molar-refractivity contribution in [1.82, 2.24) is 4.90 Å². The fourth-order valence-corrected chi connectivity index (χ4v) is 5.16. The minimum absolute atomic E-state index is 0.0336. The maximum Gasteiger partial charge on any atom is 0.254 e. The number of carbonyl (C=O) groups is 1. The summed E-state index contributed by atoms with van der Waals surface area (Å²) in [6.45, 7) is 0.671. The van der Waals surface area contributed by atoms with Crippen LogP contribution in [0.25, 0.3) is 11.1 Å². The lowest BCUT2D eigenvalue weighted by molar-refractivity contribution is 0.0658. The number of methoxy groups -OCH3 is 2. The predicted molar refractivity (Wildman–Crippen MR) is 122 cm³/mol. The van der Waals surface area contributed by atoms with Crippen molar-refractivity contribution < 1.29 is 14.3 Å². The molecule has 0 fully saturated rings. The summed E-state index contributed by atoms with van der Waals surface area (Å²) in [4.78, 5) is 15.6. The lowest BCUT2D eigenvalue weighted by atomic mass is 9.76. The third-order valence-electron chi connectivity index (χ3n) is 6.44. The molecule has 1 aliphatic carbocycles. The van der Waals surface area contributed by atoms with Crippen molar-refractivity contribution in [1.29, 1.82) is 0 Å². The fourth-order valence-electron chi connectivity index (χ4n) is 4.98. The summed E-state index contributed by atoms with van der Waals surface area (Å²) in [5.74, 6) is 1.97. The number of rotatable bonds is 4. The van der Waals surface area contributed by atoms with E-state index < -0.39 is 0 Å². The van der Waals surface area contributed by atoms with Gasteiger partial charge in [-0.15, -0.1) is 11.6 Å². The Bertz CT molecular complexity index is 1160. The molecule has 1 heterocycles. The number of hydrogen-bond acceptors (Lipinski definition) is 3. The summed E-state index contributed by atoms with van der Waals surface area (Å²) in [6, 6.07) is 18.0. The topological polar surface area (TPSA) is 38.8 Å². The molecule has 1 aliphatic heterocycles. The van der Waals surface area contributed by atoms with Gasteiger partial charge in [-0.25, -0.2) is 0 Å². The molecule has 4 nitrogen and oxygen atoms in total. The van der Waals surface area contributed by atoms with Crippen molar-refractivity contribution in [2.24, 2.45) is 0 Å². The van der Waals surface area contributed by atoms with E-state index in [-0.39, 0.29) is 11.9 Å². The lowest BCUT2D eigenvalue weighted by Crippen LogP contribution is -2.42. The second kappa shape index (κ2) is 7.93. The average Bonchev–Trinajstić information content (AvgIpc) is 2.83. The first-order chi connectivity index (χ1) is 15.2. The molecule has 3 aromatic rings. The highest BCUT2D eigenvalue weighted by molar-refractivity contribution is 6.17. The van der Waals surface area contributed by atoms with Crippen molar-refractivity contribution >= 4 is 17.5 Å².